The molecule has 1 saturated carbocycles. The topological polar surface area (TPSA) is 29.5 Å². The first-order valence-electron chi connectivity index (χ1n) is 5.89. The van der Waals surface area contributed by atoms with E-state index in [2.05, 4.69) is 20.8 Å². The Labute approximate surface area is 87.7 Å². The number of aliphatic hydroxyl groups is 1. The highest BCUT2D eigenvalue weighted by molar-refractivity contribution is 4.78. The molecule has 0 spiro atoms. The Morgan fingerprint density at radius 3 is 2.71 bits per heavy atom. The van der Waals surface area contributed by atoms with Crippen LogP contribution in [-0.4, -0.2) is 23.9 Å². The Balaban J connectivity index is 2.20. The quantitative estimate of drug-likeness (QED) is 0.756. The van der Waals surface area contributed by atoms with Gasteiger partial charge >= 0.3 is 0 Å². The molecule has 0 aromatic heterocycles. The minimum Gasteiger partial charge on any atom is -0.390 e. The highest BCUT2D eigenvalue weighted by Crippen LogP contribution is 2.26. The van der Waals surface area contributed by atoms with Crippen LogP contribution in [0.5, 0.6) is 0 Å². The van der Waals surface area contributed by atoms with Crippen LogP contribution in [0.4, 0.5) is 0 Å². The Morgan fingerprint density at radius 1 is 1.36 bits per heavy atom. The minimum atomic E-state index is -0.224. The monoisotopic (exact) mass is 200 g/mol. The molecule has 0 bridgehead atoms. The molecule has 3 atom stereocenters. The van der Waals surface area contributed by atoms with Crippen LogP contribution >= 0.6 is 0 Å². The molecule has 2 nitrogen and oxygen atoms in total. The van der Waals surface area contributed by atoms with Crippen molar-refractivity contribution in [1.82, 2.24) is 0 Å². The zero-order valence-electron chi connectivity index (χ0n) is 9.70. The van der Waals surface area contributed by atoms with E-state index in [1.165, 1.54) is 0 Å². The molecular formula is C12H24O2. The summed E-state index contributed by atoms with van der Waals surface area (Å²) >= 11 is 0. The van der Waals surface area contributed by atoms with Gasteiger partial charge in [-0.25, -0.2) is 0 Å². The smallest absolute Gasteiger partial charge is 0.0836 e. The molecule has 3 unspecified atom stereocenters. The Morgan fingerprint density at radius 2 is 2.07 bits per heavy atom. The summed E-state index contributed by atoms with van der Waals surface area (Å²) in [4.78, 5) is 0. The van der Waals surface area contributed by atoms with Gasteiger partial charge in [0.25, 0.3) is 0 Å². The van der Waals surface area contributed by atoms with E-state index in [-0.39, 0.29) is 12.2 Å². The normalized spacial score (nSPS) is 33.6. The summed E-state index contributed by atoms with van der Waals surface area (Å²) in [6.07, 6.45) is 4.05. The van der Waals surface area contributed by atoms with Gasteiger partial charge in [0, 0.05) is 6.61 Å². The molecule has 2 heteroatoms. The molecule has 0 aliphatic heterocycles. The van der Waals surface area contributed by atoms with E-state index >= 15 is 0 Å². The van der Waals surface area contributed by atoms with Crippen molar-refractivity contribution in [2.24, 2.45) is 11.8 Å². The van der Waals surface area contributed by atoms with Gasteiger partial charge in [-0.3, -0.25) is 0 Å². The van der Waals surface area contributed by atoms with Crippen molar-refractivity contribution in [2.75, 3.05) is 6.61 Å². The van der Waals surface area contributed by atoms with Gasteiger partial charge in [-0.05, 0) is 37.5 Å². The summed E-state index contributed by atoms with van der Waals surface area (Å²) in [6.45, 7) is 7.43. The van der Waals surface area contributed by atoms with Crippen molar-refractivity contribution in [2.45, 2.75) is 58.7 Å². The fourth-order valence-corrected chi connectivity index (χ4v) is 1.95. The summed E-state index contributed by atoms with van der Waals surface area (Å²) < 4.78 is 5.73. The fourth-order valence-electron chi connectivity index (χ4n) is 1.95. The number of hydrogen-bond acceptors (Lipinski definition) is 2. The summed E-state index contributed by atoms with van der Waals surface area (Å²) in [6, 6.07) is 0. The first kappa shape index (κ1) is 12.0. The van der Waals surface area contributed by atoms with Crippen LogP contribution in [-0.2, 0) is 4.74 Å². The van der Waals surface area contributed by atoms with Crippen LogP contribution in [0.3, 0.4) is 0 Å². The molecule has 0 saturated heterocycles. The standard InChI is InChI=1S/C12H24O2/c1-9(2)6-7-14-12-8-10(3)4-5-11(12)13/h9-13H,4-8H2,1-3H3. The zero-order valence-corrected chi connectivity index (χ0v) is 9.70. The van der Waals surface area contributed by atoms with Gasteiger partial charge in [0.15, 0.2) is 0 Å². The Hall–Kier alpha value is -0.0800. The maximum Gasteiger partial charge on any atom is 0.0836 e. The predicted molar refractivity (Wildman–Crippen MR) is 58.2 cm³/mol. The number of rotatable bonds is 4. The van der Waals surface area contributed by atoms with E-state index in [0.29, 0.717) is 11.8 Å². The molecule has 1 rings (SSSR count). The van der Waals surface area contributed by atoms with E-state index in [1.807, 2.05) is 0 Å². The van der Waals surface area contributed by atoms with Crippen LogP contribution in [0.15, 0.2) is 0 Å². The number of ether oxygens (including phenoxy) is 1. The lowest BCUT2D eigenvalue weighted by Gasteiger charge is -2.31. The van der Waals surface area contributed by atoms with E-state index in [1.54, 1.807) is 0 Å². The van der Waals surface area contributed by atoms with Crippen LogP contribution in [0.25, 0.3) is 0 Å². The molecular weight excluding hydrogens is 176 g/mol. The van der Waals surface area contributed by atoms with E-state index < -0.39 is 0 Å². The maximum atomic E-state index is 9.73. The number of aliphatic hydroxyl groups excluding tert-OH is 1. The van der Waals surface area contributed by atoms with Gasteiger partial charge in [-0.1, -0.05) is 20.8 Å². The van der Waals surface area contributed by atoms with Crippen molar-refractivity contribution in [3.8, 4) is 0 Å². The Bertz CT molecular complexity index is 156. The maximum absolute atomic E-state index is 9.73. The molecule has 1 N–H and O–H groups in total. The summed E-state index contributed by atoms with van der Waals surface area (Å²) in [5, 5.41) is 9.73. The molecule has 0 amide bonds. The first-order chi connectivity index (χ1) is 6.59. The average molecular weight is 200 g/mol. The van der Waals surface area contributed by atoms with E-state index in [9.17, 15) is 5.11 Å². The molecule has 0 aromatic rings. The molecule has 14 heavy (non-hydrogen) atoms. The second kappa shape index (κ2) is 5.72. The van der Waals surface area contributed by atoms with Crippen molar-refractivity contribution in [3.63, 3.8) is 0 Å². The lowest BCUT2D eigenvalue weighted by molar-refractivity contribution is -0.0715. The van der Waals surface area contributed by atoms with Gasteiger partial charge in [0.2, 0.25) is 0 Å². The summed E-state index contributed by atoms with van der Waals surface area (Å²) in [5.41, 5.74) is 0. The van der Waals surface area contributed by atoms with Gasteiger partial charge in [-0.2, -0.15) is 0 Å². The fraction of sp³-hybridized carbons (Fsp3) is 1.00. The van der Waals surface area contributed by atoms with Crippen molar-refractivity contribution < 1.29 is 9.84 Å². The summed E-state index contributed by atoms with van der Waals surface area (Å²) in [7, 11) is 0. The number of hydrogen-bond donors (Lipinski definition) is 1. The van der Waals surface area contributed by atoms with E-state index in [4.69, 9.17) is 4.74 Å². The highest BCUT2D eigenvalue weighted by atomic mass is 16.5. The van der Waals surface area contributed by atoms with E-state index in [0.717, 1.165) is 32.3 Å². The SMILES string of the molecule is CC(C)CCOC1CC(C)CCC1O. The average Bonchev–Trinajstić information content (AvgIpc) is 2.10. The van der Waals surface area contributed by atoms with Crippen LogP contribution in [0.1, 0.15) is 46.5 Å². The lowest BCUT2D eigenvalue weighted by Crippen LogP contribution is -2.35. The molecule has 1 aliphatic rings. The van der Waals surface area contributed by atoms with Gasteiger partial charge in [0.05, 0.1) is 12.2 Å². The van der Waals surface area contributed by atoms with Crippen molar-refractivity contribution in [1.29, 1.82) is 0 Å². The van der Waals surface area contributed by atoms with Crippen LogP contribution < -0.4 is 0 Å². The molecule has 0 aromatic carbocycles. The molecule has 0 radical (unpaired) electrons. The largest absolute Gasteiger partial charge is 0.390 e. The Kier molecular flexibility index (Phi) is 4.90. The molecule has 84 valence electrons. The minimum absolute atomic E-state index is 0.0949. The van der Waals surface area contributed by atoms with Gasteiger partial charge in [0.1, 0.15) is 0 Å². The van der Waals surface area contributed by atoms with Gasteiger partial charge in [-0.15, -0.1) is 0 Å². The third kappa shape index (κ3) is 3.97. The van der Waals surface area contributed by atoms with Crippen LogP contribution in [0.2, 0.25) is 0 Å². The zero-order chi connectivity index (χ0) is 10.6. The highest BCUT2D eigenvalue weighted by Gasteiger charge is 2.27. The molecule has 1 fully saturated rings. The third-order valence-electron chi connectivity index (χ3n) is 3.05. The molecule has 1 aliphatic carbocycles. The second-order valence-corrected chi connectivity index (χ2v) is 5.08. The van der Waals surface area contributed by atoms with Gasteiger partial charge < -0.3 is 9.84 Å². The second-order valence-electron chi connectivity index (χ2n) is 5.08. The molecule has 0 heterocycles. The third-order valence-corrected chi connectivity index (χ3v) is 3.05. The summed E-state index contributed by atoms with van der Waals surface area (Å²) in [5.74, 6) is 1.40. The predicted octanol–water partition coefficient (Wildman–Crippen LogP) is 2.60. The first-order valence-corrected chi connectivity index (χ1v) is 5.89. The van der Waals surface area contributed by atoms with Crippen molar-refractivity contribution >= 4 is 0 Å². The lowest BCUT2D eigenvalue weighted by atomic mass is 9.86. The van der Waals surface area contributed by atoms with Crippen molar-refractivity contribution in [3.05, 3.63) is 0 Å². The van der Waals surface area contributed by atoms with Crippen LogP contribution in [0, 0.1) is 11.8 Å².